The Bertz CT molecular complexity index is 575. The van der Waals surface area contributed by atoms with Crippen LogP contribution in [-0.4, -0.2) is 26.0 Å². The number of halogens is 1. The maximum atomic E-state index is 12.2. The second kappa shape index (κ2) is 11.7. The van der Waals surface area contributed by atoms with Gasteiger partial charge in [0.25, 0.3) is 0 Å². The van der Waals surface area contributed by atoms with Crippen LogP contribution < -0.4 is 10.6 Å². The van der Waals surface area contributed by atoms with Crippen molar-refractivity contribution in [1.29, 1.82) is 0 Å². The van der Waals surface area contributed by atoms with Gasteiger partial charge >= 0.3 is 0 Å². The third kappa shape index (κ3) is 7.16. The Morgan fingerprint density at radius 2 is 1.58 bits per heavy atom. The highest BCUT2D eigenvalue weighted by molar-refractivity contribution is 5.85. The van der Waals surface area contributed by atoms with E-state index in [9.17, 15) is 4.79 Å². The number of rotatable bonds is 9. The van der Waals surface area contributed by atoms with Crippen LogP contribution in [0.3, 0.4) is 0 Å². The maximum absolute atomic E-state index is 12.2. The minimum absolute atomic E-state index is 0. The summed E-state index contributed by atoms with van der Waals surface area (Å²) in [6.45, 7) is 1.65. The molecule has 2 N–H and O–H groups in total. The molecule has 2 rings (SSSR count). The molecule has 130 valence electrons. The third-order valence-corrected chi connectivity index (χ3v) is 3.95. The summed E-state index contributed by atoms with van der Waals surface area (Å²) in [4.78, 5) is 12.2. The van der Waals surface area contributed by atoms with Gasteiger partial charge in [-0.15, -0.1) is 12.4 Å². The molecule has 0 fully saturated rings. The summed E-state index contributed by atoms with van der Waals surface area (Å²) in [6.07, 6.45) is 2.37. The van der Waals surface area contributed by atoms with Crippen LogP contribution in [0.15, 0.2) is 60.7 Å². The molecule has 2 aromatic carbocycles. The Morgan fingerprint density at radius 3 is 2.21 bits per heavy atom. The fourth-order valence-electron chi connectivity index (χ4n) is 2.72. The van der Waals surface area contributed by atoms with Crippen molar-refractivity contribution in [2.24, 2.45) is 0 Å². The number of amides is 1. The average Bonchev–Trinajstić information content (AvgIpc) is 2.60. The molecule has 0 saturated carbocycles. The van der Waals surface area contributed by atoms with E-state index in [0.29, 0.717) is 6.42 Å². The van der Waals surface area contributed by atoms with Gasteiger partial charge in [-0.2, -0.15) is 0 Å². The summed E-state index contributed by atoms with van der Waals surface area (Å²) in [5.41, 5.74) is 2.49. The lowest BCUT2D eigenvalue weighted by Gasteiger charge is -2.17. The van der Waals surface area contributed by atoms with E-state index in [0.717, 1.165) is 25.9 Å². The van der Waals surface area contributed by atoms with Gasteiger partial charge in [0.2, 0.25) is 5.91 Å². The predicted molar refractivity (Wildman–Crippen MR) is 103 cm³/mol. The van der Waals surface area contributed by atoms with Gasteiger partial charge in [0.15, 0.2) is 0 Å². The molecule has 0 saturated heterocycles. The quantitative estimate of drug-likeness (QED) is 0.682. The van der Waals surface area contributed by atoms with Crippen molar-refractivity contribution in [2.75, 3.05) is 20.1 Å². The van der Waals surface area contributed by atoms with E-state index in [1.807, 2.05) is 31.3 Å². The Labute approximate surface area is 151 Å². The molecular formula is C20H27ClN2O. The van der Waals surface area contributed by atoms with E-state index in [1.54, 1.807) is 0 Å². The molecule has 1 atom stereocenters. The van der Waals surface area contributed by atoms with Gasteiger partial charge < -0.3 is 10.6 Å². The number of hydrogen-bond donors (Lipinski definition) is 2. The van der Waals surface area contributed by atoms with E-state index >= 15 is 0 Å². The van der Waals surface area contributed by atoms with Crippen LogP contribution in [0.25, 0.3) is 0 Å². The molecular weight excluding hydrogens is 320 g/mol. The summed E-state index contributed by atoms with van der Waals surface area (Å²) in [6, 6.07) is 20.7. The molecule has 0 heterocycles. The largest absolute Gasteiger partial charge is 0.356 e. The first-order valence-electron chi connectivity index (χ1n) is 8.29. The smallest absolute Gasteiger partial charge is 0.220 e. The van der Waals surface area contributed by atoms with Gasteiger partial charge in [0.05, 0.1) is 0 Å². The Morgan fingerprint density at radius 1 is 0.958 bits per heavy atom. The van der Waals surface area contributed by atoms with Gasteiger partial charge in [-0.05, 0) is 43.5 Å². The number of hydrogen-bond acceptors (Lipinski definition) is 2. The second-order valence-electron chi connectivity index (χ2n) is 5.81. The van der Waals surface area contributed by atoms with Gasteiger partial charge in [-0.1, -0.05) is 60.7 Å². The minimum atomic E-state index is 0. The Balaban J connectivity index is 0.00000288. The van der Waals surface area contributed by atoms with Crippen LogP contribution in [0.4, 0.5) is 0 Å². The minimum Gasteiger partial charge on any atom is -0.356 e. The maximum Gasteiger partial charge on any atom is 0.220 e. The monoisotopic (exact) mass is 346 g/mol. The van der Waals surface area contributed by atoms with Crippen molar-refractivity contribution < 1.29 is 4.79 Å². The summed E-state index contributed by atoms with van der Waals surface area (Å²) in [7, 11) is 1.92. The van der Waals surface area contributed by atoms with Crippen LogP contribution in [0, 0.1) is 0 Å². The Kier molecular flexibility index (Phi) is 9.81. The predicted octanol–water partition coefficient (Wildman–Crippen LogP) is 3.55. The summed E-state index contributed by atoms with van der Waals surface area (Å²) in [5.74, 6) is 0.341. The van der Waals surface area contributed by atoms with Crippen LogP contribution >= 0.6 is 12.4 Å². The number of nitrogens with one attached hydrogen (secondary N) is 2. The summed E-state index contributed by atoms with van der Waals surface area (Å²) >= 11 is 0. The standard InChI is InChI=1S/C20H26N2O.ClH/c1-21-13-8-14-22-20(23)16-19(18-11-6-3-7-12-18)15-17-9-4-2-5-10-17;/h2-7,9-12,19,21H,8,13-16H2,1H3,(H,22,23);1H. The molecule has 1 amide bonds. The summed E-state index contributed by atoms with van der Waals surface area (Å²) in [5, 5.41) is 6.11. The van der Waals surface area contributed by atoms with Gasteiger partial charge in [0, 0.05) is 13.0 Å². The highest BCUT2D eigenvalue weighted by Gasteiger charge is 2.16. The molecule has 0 radical (unpaired) electrons. The van der Waals surface area contributed by atoms with Crippen LogP contribution in [-0.2, 0) is 11.2 Å². The first kappa shape index (κ1) is 20.2. The fraction of sp³-hybridized carbons (Fsp3) is 0.350. The van der Waals surface area contributed by atoms with Crippen LogP contribution in [0.2, 0.25) is 0 Å². The molecule has 2 aromatic rings. The molecule has 0 aliphatic heterocycles. The number of carbonyl (C=O) groups excluding carboxylic acids is 1. The van der Waals surface area contributed by atoms with Crippen LogP contribution in [0.1, 0.15) is 29.9 Å². The number of carbonyl (C=O) groups is 1. The highest BCUT2D eigenvalue weighted by Crippen LogP contribution is 2.24. The first-order valence-corrected chi connectivity index (χ1v) is 8.29. The molecule has 1 unspecified atom stereocenters. The van der Waals surface area contributed by atoms with Crippen molar-refractivity contribution in [2.45, 2.75) is 25.2 Å². The molecule has 0 bridgehead atoms. The van der Waals surface area contributed by atoms with Gasteiger partial charge in [-0.25, -0.2) is 0 Å². The molecule has 4 heteroatoms. The lowest BCUT2D eigenvalue weighted by Crippen LogP contribution is -2.28. The SMILES string of the molecule is CNCCCNC(=O)CC(Cc1ccccc1)c1ccccc1.Cl. The van der Waals surface area contributed by atoms with Crippen molar-refractivity contribution in [1.82, 2.24) is 10.6 Å². The zero-order valence-corrected chi connectivity index (χ0v) is 15.0. The molecule has 0 spiro atoms. The van der Waals surface area contributed by atoms with Crippen molar-refractivity contribution in [3.63, 3.8) is 0 Å². The molecule has 0 aliphatic rings. The van der Waals surface area contributed by atoms with Gasteiger partial charge in [-0.3, -0.25) is 4.79 Å². The zero-order valence-electron chi connectivity index (χ0n) is 14.2. The van der Waals surface area contributed by atoms with E-state index in [2.05, 4.69) is 47.0 Å². The number of benzene rings is 2. The molecule has 3 nitrogen and oxygen atoms in total. The molecule has 0 aliphatic carbocycles. The van der Waals surface area contributed by atoms with E-state index in [1.165, 1.54) is 11.1 Å². The van der Waals surface area contributed by atoms with Crippen molar-refractivity contribution in [3.8, 4) is 0 Å². The molecule has 0 aromatic heterocycles. The third-order valence-electron chi connectivity index (χ3n) is 3.95. The topological polar surface area (TPSA) is 41.1 Å². The molecule has 24 heavy (non-hydrogen) atoms. The summed E-state index contributed by atoms with van der Waals surface area (Å²) < 4.78 is 0. The van der Waals surface area contributed by atoms with Crippen molar-refractivity contribution in [3.05, 3.63) is 71.8 Å². The van der Waals surface area contributed by atoms with E-state index < -0.39 is 0 Å². The van der Waals surface area contributed by atoms with E-state index in [4.69, 9.17) is 0 Å². The first-order chi connectivity index (χ1) is 11.3. The van der Waals surface area contributed by atoms with Crippen molar-refractivity contribution >= 4 is 18.3 Å². The zero-order chi connectivity index (χ0) is 16.3. The average molecular weight is 347 g/mol. The Hall–Kier alpha value is -1.84. The lowest BCUT2D eigenvalue weighted by molar-refractivity contribution is -0.121. The van der Waals surface area contributed by atoms with Gasteiger partial charge in [0.1, 0.15) is 0 Å². The highest BCUT2D eigenvalue weighted by atomic mass is 35.5. The lowest BCUT2D eigenvalue weighted by atomic mass is 9.89. The normalized spacial score (nSPS) is 11.4. The second-order valence-corrected chi connectivity index (χ2v) is 5.81. The van der Waals surface area contributed by atoms with Crippen LogP contribution in [0.5, 0.6) is 0 Å². The van der Waals surface area contributed by atoms with E-state index in [-0.39, 0.29) is 24.2 Å². The fourth-order valence-corrected chi connectivity index (χ4v) is 2.72.